The molecule has 0 heteroatoms. The van der Waals surface area contributed by atoms with Gasteiger partial charge in [-0.05, 0) is 119 Å². The largest absolute Gasteiger partial charge is 0.106 e. The second kappa shape index (κ2) is 15.5. The Bertz CT molecular complexity index is 1690. The van der Waals surface area contributed by atoms with E-state index < -0.39 is 0 Å². The van der Waals surface area contributed by atoms with Crippen LogP contribution in [0.1, 0.15) is 82.2 Å². The van der Waals surface area contributed by atoms with E-state index in [0.29, 0.717) is 0 Å². The van der Waals surface area contributed by atoms with Gasteiger partial charge in [0.05, 0.1) is 5.92 Å². The lowest BCUT2D eigenvalue weighted by Gasteiger charge is -2.24. The normalized spacial score (nSPS) is 10.8. The second-order valence-electron chi connectivity index (χ2n) is 8.00. The smallest absolute Gasteiger partial charge is 0.0677 e. The molecule has 0 heterocycles. The molecule has 1 unspecified atom stereocenters. The van der Waals surface area contributed by atoms with E-state index >= 15 is 0 Å². The van der Waals surface area contributed by atoms with Crippen LogP contribution in [-0.2, 0) is 5.41 Å². The zero-order valence-corrected chi connectivity index (χ0v) is 22.4. The first-order valence-corrected chi connectivity index (χ1v) is 11.6. The molecule has 0 aromatic heterocycles. The van der Waals surface area contributed by atoms with Crippen molar-refractivity contribution >= 4 is 5.57 Å². The van der Waals surface area contributed by atoms with Gasteiger partial charge in [-0.25, -0.2) is 0 Å². The maximum absolute atomic E-state index is 5.47. The topological polar surface area (TPSA) is 0 Å². The number of hydrogen-bond acceptors (Lipinski definition) is 0. The van der Waals surface area contributed by atoms with E-state index in [9.17, 15) is 0 Å². The summed E-state index contributed by atoms with van der Waals surface area (Å²) in [6.45, 7) is 13.8. The van der Waals surface area contributed by atoms with Gasteiger partial charge in [0.15, 0.2) is 0 Å². The van der Waals surface area contributed by atoms with Gasteiger partial charge >= 0.3 is 0 Å². The summed E-state index contributed by atoms with van der Waals surface area (Å²) in [4.78, 5) is 0. The summed E-state index contributed by atoms with van der Waals surface area (Å²) < 4.78 is 0. The maximum atomic E-state index is 5.47. The molecule has 0 saturated heterocycles. The summed E-state index contributed by atoms with van der Waals surface area (Å²) in [7, 11) is 0. The molecule has 174 valence electrons. The number of fused-ring (bicyclic) bond motifs is 1. The van der Waals surface area contributed by atoms with Crippen LogP contribution in [0.25, 0.3) is 5.57 Å². The van der Waals surface area contributed by atoms with Crippen molar-refractivity contribution in [2.75, 3.05) is 0 Å². The molecule has 37 heavy (non-hydrogen) atoms. The van der Waals surface area contributed by atoms with Gasteiger partial charge in [-0.3, -0.25) is 0 Å². The first kappa shape index (κ1) is 29.6. The van der Waals surface area contributed by atoms with Crippen LogP contribution in [0.4, 0.5) is 0 Å². The van der Waals surface area contributed by atoms with Crippen molar-refractivity contribution < 1.29 is 0 Å². The molecule has 0 amide bonds. The fraction of sp³-hybridized carbons (Fsp3) is 0.243. The number of allylic oxidation sites excluding steroid dienone is 2. The molecule has 0 aliphatic heterocycles. The van der Waals surface area contributed by atoms with Crippen molar-refractivity contribution in [1.82, 2.24) is 0 Å². The zero-order valence-electron chi connectivity index (χ0n) is 22.4. The van der Waals surface area contributed by atoms with Crippen molar-refractivity contribution in [3.8, 4) is 119 Å². The van der Waals surface area contributed by atoms with Crippen LogP contribution < -0.4 is 0 Å². The molecule has 0 nitrogen and oxygen atoms in total. The fourth-order valence-corrected chi connectivity index (χ4v) is 3.32. The Hall–Kier alpha value is -5.44. The highest BCUT2D eigenvalue weighted by Gasteiger charge is 2.30. The van der Waals surface area contributed by atoms with Gasteiger partial charge in [-0.15, -0.1) is 12.8 Å². The van der Waals surface area contributed by atoms with Gasteiger partial charge in [0.25, 0.3) is 0 Å². The lowest BCUT2D eigenvalue weighted by Crippen LogP contribution is -2.16. The molecule has 0 spiro atoms. The lowest BCUT2D eigenvalue weighted by molar-refractivity contribution is 0.588. The molecular weight excluding hydrogens is 444 g/mol. The number of hydrogen-bond donors (Lipinski definition) is 0. The molecule has 1 aliphatic carbocycles. The summed E-state index contributed by atoms with van der Waals surface area (Å²) in [6.07, 6.45) is 12.7. The maximum Gasteiger partial charge on any atom is 0.0677 e. The molecule has 0 radical (unpaired) electrons. The van der Waals surface area contributed by atoms with Crippen LogP contribution in [0, 0.1) is 119 Å². The molecule has 0 N–H and O–H groups in total. The van der Waals surface area contributed by atoms with Gasteiger partial charge < -0.3 is 0 Å². The summed E-state index contributed by atoms with van der Waals surface area (Å²) in [5.74, 6) is 50.1. The van der Waals surface area contributed by atoms with E-state index in [1.807, 2.05) is 19.9 Å². The third kappa shape index (κ3) is 8.37. The van der Waals surface area contributed by atoms with E-state index in [4.69, 9.17) is 12.8 Å². The van der Waals surface area contributed by atoms with Gasteiger partial charge in [-0.1, -0.05) is 70.1 Å². The Morgan fingerprint density at radius 2 is 1.24 bits per heavy atom. The number of terminal acetylenes is 2. The quantitative estimate of drug-likeness (QED) is 0.438. The lowest BCUT2D eigenvalue weighted by atomic mass is 9.78. The first-order valence-electron chi connectivity index (χ1n) is 11.6. The molecule has 1 aliphatic rings. The number of rotatable bonds is 0. The molecule has 1 aromatic carbocycles. The van der Waals surface area contributed by atoms with Gasteiger partial charge in [-0.2, -0.15) is 0 Å². The minimum atomic E-state index is -0.316. The second-order valence-corrected chi connectivity index (χ2v) is 8.00. The zero-order chi connectivity index (χ0) is 27.7. The molecule has 2 rings (SSSR count). The minimum Gasteiger partial charge on any atom is -0.106 e. The monoisotopic (exact) mass is 470 g/mol. The summed E-state index contributed by atoms with van der Waals surface area (Å²) in [6, 6.07) is 2.10. The van der Waals surface area contributed by atoms with Crippen molar-refractivity contribution in [2.24, 2.45) is 0 Å². The van der Waals surface area contributed by atoms with Crippen LogP contribution in [0.2, 0.25) is 0 Å². The van der Waals surface area contributed by atoms with E-state index in [1.54, 1.807) is 13.8 Å². The van der Waals surface area contributed by atoms with Crippen LogP contribution in [0.5, 0.6) is 0 Å². The number of benzene rings is 1. The van der Waals surface area contributed by atoms with Crippen molar-refractivity contribution in [3.05, 3.63) is 40.0 Å². The standard InChI is InChI=1S/C35H20.C2H6/c1-8-12-16-18-21-22-28-26-29(23-20-17-13-9-2)34-31(25-19-14-10-3)30(24-15-11-4)33(27-32(28)34)35(5,6)7;1-2/h2,4,26-27,29H,1,3,5-7H3;1-2H3. The average molecular weight is 471 g/mol. The molecule has 1 aromatic rings. The highest BCUT2D eigenvalue weighted by Crippen LogP contribution is 2.42. The van der Waals surface area contributed by atoms with Crippen LogP contribution in [0.15, 0.2) is 12.1 Å². The Labute approximate surface area is 224 Å². The van der Waals surface area contributed by atoms with E-state index in [0.717, 1.165) is 33.4 Å². The summed E-state index contributed by atoms with van der Waals surface area (Å²) in [5.41, 5.74) is 4.89. The Morgan fingerprint density at radius 3 is 1.86 bits per heavy atom. The van der Waals surface area contributed by atoms with E-state index in [2.05, 4.69) is 133 Å². The van der Waals surface area contributed by atoms with E-state index in [-0.39, 0.29) is 11.3 Å². The molecule has 0 saturated carbocycles. The predicted octanol–water partition coefficient (Wildman–Crippen LogP) is 5.52. The van der Waals surface area contributed by atoms with Crippen molar-refractivity contribution in [3.63, 3.8) is 0 Å². The molecule has 0 fully saturated rings. The highest BCUT2D eigenvalue weighted by molar-refractivity contribution is 5.89. The van der Waals surface area contributed by atoms with Gasteiger partial charge in [0.2, 0.25) is 0 Å². The summed E-state index contributed by atoms with van der Waals surface area (Å²) in [5, 5.41) is 0. The van der Waals surface area contributed by atoms with Crippen molar-refractivity contribution in [2.45, 2.75) is 59.8 Å². The third-order valence-corrected chi connectivity index (χ3v) is 4.68. The Balaban J connectivity index is 0.00000334. The summed E-state index contributed by atoms with van der Waals surface area (Å²) >= 11 is 0. The minimum absolute atomic E-state index is 0.238. The Kier molecular flexibility index (Phi) is 12.4. The highest BCUT2D eigenvalue weighted by atomic mass is 14.3. The van der Waals surface area contributed by atoms with Crippen LogP contribution in [0.3, 0.4) is 0 Å². The van der Waals surface area contributed by atoms with Gasteiger partial charge in [0.1, 0.15) is 0 Å². The molecule has 1 atom stereocenters. The average Bonchev–Trinajstić information content (AvgIpc) is 3.23. The fourth-order valence-electron chi connectivity index (χ4n) is 3.32. The Morgan fingerprint density at radius 1 is 0.676 bits per heavy atom. The first-order chi connectivity index (χ1) is 17.9. The van der Waals surface area contributed by atoms with Gasteiger partial charge in [0, 0.05) is 16.7 Å². The van der Waals surface area contributed by atoms with E-state index in [1.165, 1.54) is 0 Å². The SMILES string of the molecule is C#CC#CC#CC1C=C(C#CC#CC#CC)c2cc(C(C)(C)C)c(C#CC#C)c(C#CC#CC)c21.CC. The molecule has 0 bridgehead atoms. The van der Waals surface area contributed by atoms with Crippen molar-refractivity contribution in [1.29, 1.82) is 0 Å². The van der Waals surface area contributed by atoms with Crippen LogP contribution in [-0.4, -0.2) is 0 Å². The predicted molar refractivity (Wildman–Crippen MR) is 157 cm³/mol. The van der Waals surface area contributed by atoms with Crippen LogP contribution >= 0.6 is 0 Å². The third-order valence-electron chi connectivity index (χ3n) is 4.68. The molecular formula is C37H26.